The van der Waals surface area contributed by atoms with Gasteiger partial charge in [-0.3, -0.25) is 5.32 Å². The minimum Gasteiger partial charge on any atom is -0.462 e. The molecule has 2 amide bonds. The molecule has 0 unspecified atom stereocenters. The average Bonchev–Trinajstić information content (AvgIpc) is 2.96. The number of nitrogens with one attached hydrogen (secondary N) is 3. The van der Waals surface area contributed by atoms with Crippen molar-refractivity contribution in [3.8, 4) is 11.1 Å². The normalized spacial score (nSPS) is 10.4. The van der Waals surface area contributed by atoms with Crippen LogP contribution < -0.4 is 10.6 Å². The Hall–Kier alpha value is -3.54. The fourth-order valence-corrected chi connectivity index (χ4v) is 3.04. The predicted molar refractivity (Wildman–Crippen MR) is 111 cm³/mol. The first kappa shape index (κ1) is 19.2. The van der Waals surface area contributed by atoms with Crippen LogP contribution in [-0.4, -0.2) is 23.6 Å². The van der Waals surface area contributed by atoms with E-state index in [-0.39, 0.29) is 0 Å². The van der Waals surface area contributed by atoms with Crippen LogP contribution in [-0.2, 0) is 4.74 Å². The van der Waals surface area contributed by atoms with E-state index < -0.39 is 12.0 Å². The maximum Gasteiger partial charge on any atom is 0.340 e. The Bertz CT molecular complexity index is 976. The van der Waals surface area contributed by atoms with Crippen LogP contribution in [0.2, 0.25) is 0 Å². The summed E-state index contributed by atoms with van der Waals surface area (Å²) >= 11 is 0. The number of benzene rings is 2. The Balaban J connectivity index is 1.68. The van der Waals surface area contributed by atoms with Gasteiger partial charge in [0.2, 0.25) is 0 Å². The zero-order chi connectivity index (χ0) is 20.1. The summed E-state index contributed by atoms with van der Waals surface area (Å²) in [6, 6.07) is 17.2. The molecule has 0 fully saturated rings. The van der Waals surface area contributed by atoms with E-state index >= 15 is 0 Å². The number of aromatic amines is 1. The van der Waals surface area contributed by atoms with Gasteiger partial charge in [0, 0.05) is 16.9 Å². The molecule has 0 atom stereocenters. The molecule has 1 aromatic heterocycles. The predicted octanol–water partition coefficient (Wildman–Crippen LogP) is 5.12. The topological polar surface area (TPSA) is 83.2 Å². The van der Waals surface area contributed by atoms with Gasteiger partial charge >= 0.3 is 12.0 Å². The van der Waals surface area contributed by atoms with Crippen LogP contribution in [0.4, 0.5) is 16.3 Å². The number of ether oxygens (including phenoxy) is 1. The molecule has 0 bridgehead atoms. The minimum atomic E-state index is -0.404. The molecule has 0 aliphatic heterocycles. The number of aromatic nitrogens is 1. The van der Waals surface area contributed by atoms with Crippen molar-refractivity contribution < 1.29 is 14.3 Å². The summed E-state index contributed by atoms with van der Waals surface area (Å²) in [4.78, 5) is 27.4. The Labute approximate surface area is 163 Å². The number of hydrogen-bond donors (Lipinski definition) is 3. The monoisotopic (exact) mass is 377 g/mol. The SMILES string of the molecule is CCOC(=O)c1c(C)[nH]c(NC(=O)Nc2ccc(-c3ccccc3)cc2)c1C. The largest absolute Gasteiger partial charge is 0.462 e. The summed E-state index contributed by atoms with van der Waals surface area (Å²) < 4.78 is 5.06. The number of H-pyrrole nitrogens is 1. The second-order valence-electron chi connectivity index (χ2n) is 6.37. The maximum absolute atomic E-state index is 12.3. The summed E-state index contributed by atoms with van der Waals surface area (Å²) in [6.45, 7) is 5.58. The number of carbonyl (C=O) groups is 2. The maximum atomic E-state index is 12.3. The van der Waals surface area contributed by atoms with Crippen molar-refractivity contribution in [1.82, 2.24) is 4.98 Å². The molecule has 3 rings (SSSR count). The standard InChI is InChI=1S/C22H23N3O3/c1-4-28-21(26)19-14(2)20(23-15(19)3)25-22(27)24-18-12-10-17(11-13-18)16-8-6-5-7-9-16/h5-13,23H,4H2,1-3H3,(H2,24,25,27). The van der Waals surface area contributed by atoms with Crippen molar-refractivity contribution >= 4 is 23.5 Å². The molecule has 1 heterocycles. The van der Waals surface area contributed by atoms with Crippen molar-refractivity contribution in [2.24, 2.45) is 0 Å². The van der Waals surface area contributed by atoms with Gasteiger partial charge in [-0.05, 0) is 44.0 Å². The van der Waals surface area contributed by atoms with Crippen LogP contribution in [0.5, 0.6) is 0 Å². The first-order chi connectivity index (χ1) is 13.5. The number of anilines is 2. The number of rotatable bonds is 5. The van der Waals surface area contributed by atoms with E-state index in [1.807, 2.05) is 54.6 Å². The van der Waals surface area contributed by atoms with Gasteiger partial charge < -0.3 is 15.0 Å². The molecule has 144 valence electrons. The fraction of sp³-hybridized carbons (Fsp3) is 0.182. The first-order valence-electron chi connectivity index (χ1n) is 9.09. The molecule has 0 saturated carbocycles. The number of hydrogen-bond acceptors (Lipinski definition) is 3. The third kappa shape index (κ3) is 4.23. The van der Waals surface area contributed by atoms with E-state index in [1.54, 1.807) is 20.8 Å². The lowest BCUT2D eigenvalue weighted by molar-refractivity contribution is 0.0525. The summed E-state index contributed by atoms with van der Waals surface area (Å²) in [5.74, 6) is 0.0673. The van der Waals surface area contributed by atoms with Crippen LogP contribution in [0.3, 0.4) is 0 Å². The van der Waals surface area contributed by atoms with Gasteiger partial charge in [-0.1, -0.05) is 42.5 Å². The zero-order valence-corrected chi connectivity index (χ0v) is 16.1. The van der Waals surface area contributed by atoms with E-state index in [4.69, 9.17) is 4.74 Å². The third-order valence-electron chi connectivity index (χ3n) is 4.41. The molecule has 3 N–H and O–H groups in total. The molecular formula is C22H23N3O3. The van der Waals surface area contributed by atoms with Gasteiger partial charge in [-0.2, -0.15) is 0 Å². The van der Waals surface area contributed by atoms with Gasteiger partial charge in [0.1, 0.15) is 5.82 Å². The van der Waals surface area contributed by atoms with E-state index in [1.165, 1.54) is 0 Å². The van der Waals surface area contributed by atoms with Gasteiger partial charge in [-0.15, -0.1) is 0 Å². The van der Waals surface area contributed by atoms with E-state index in [9.17, 15) is 9.59 Å². The minimum absolute atomic E-state index is 0.297. The lowest BCUT2D eigenvalue weighted by Gasteiger charge is -2.09. The molecule has 0 saturated heterocycles. The van der Waals surface area contributed by atoms with Crippen LogP contribution in [0.25, 0.3) is 11.1 Å². The van der Waals surface area contributed by atoms with Crippen molar-refractivity contribution in [2.75, 3.05) is 17.2 Å². The summed E-state index contributed by atoms with van der Waals surface area (Å²) in [6.07, 6.45) is 0. The molecule has 6 heteroatoms. The average molecular weight is 377 g/mol. The number of aryl methyl sites for hydroxylation is 1. The number of carbonyl (C=O) groups excluding carboxylic acids is 2. The highest BCUT2D eigenvalue weighted by Gasteiger charge is 2.20. The fourth-order valence-electron chi connectivity index (χ4n) is 3.04. The van der Waals surface area contributed by atoms with Gasteiger partial charge in [0.25, 0.3) is 0 Å². The van der Waals surface area contributed by atoms with Crippen LogP contribution in [0, 0.1) is 13.8 Å². The lowest BCUT2D eigenvalue weighted by atomic mass is 10.1. The van der Waals surface area contributed by atoms with Crippen molar-refractivity contribution in [1.29, 1.82) is 0 Å². The van der Waals surface area contributed by atoms with Gasteiger partial charge in [0.05, 0.1) is 12.2 Å². The van der Waals surface area contributed by atoms with E-state index in [0.29, 0.717) is 34.9 Å². The molecule has 28 heavy (non-hydrogen) atoms. The van der Waals surface area contributed by atoms with Crippen molar-refractivity contribution in [2.45, 2.75) is 20.8 Å². The van der Waals surface area contributed by atoms with E-state index in [2.05, 4.69) is 15.6 Å². The Morgan fingerprint density at radius 3 is 2.21 bits per heavy atom. The molecule has 0 radical (unpaired) electrons. The summed E-state index contributed by atoms with van der Waals surface area (Å²) in [7, 11) is 0. The molecule has 3 aromatic rings. The Kier molecular flexibility index (Phi) is 5.79. The zero-order valence-electron chi connectivity index (χ0n) is 16.1. The van der Waals surface area contributed by atoms with Gasteiger partial charge in [0.15, 0.2) is 0 Å². The second kappa shape index (κ2) is 8.43. The quantitative estimate of drug-likeness (QED) is 0.540. The summed E-state index contributed by atoms with van der Waals surface area (Å²) in [5, 5.41) is 5.54. The molecule has 0 aliphatic carbocycles. The van der Waals surface area contributed by atoms with Crippen LogP contribution in [0.1, 0.15) is 28.5 Å². The van der Waals surface area contributed by atoms with Crippen LogP contribution >= 0.6 is 0 Å². The summed E-state index contributed by atoms with van der Waals surface area (Å²) in [5.41, 5.74) is 4.60. The van der Waals surface area contributed by atoms with Gasteiger partial charge in [-0.25, -0.2) is 9.59 Å². The molecule has 0 spiro atoms. The second-order valence-corrected chi connectivity index (χ2v) is 6.37. The lowest BCUT2D eigenvalue weighted by Crippen LogP contribution is -2.20. The molecule has 6 nitrogen and oxygen atoms in total. The number of esters is 1. The van der Waals surface area contributed by atoms with Crippen molar-refractivity contribution in [3.05, 3.63) is 71.4 Å². The molecular weight excluding hydrogens is 354 g/mol. The number of amides is 2. The molecule has 2 aromatic carbocycles. The highest BCUT2D eigenvalue weighted by atomic mass is 16.5. The first-order valence-corrected chi connectivity index (χ1v) is 9.09. The van der Waals surface area contributed by atoms with Crippen LogP contribution in [0.15, 0.2) is 54.6 Å². The molecule has 0 aliphatic rings. The number of urea groups is 1. The smallest absolute Gasteiger partial charge is 0.340 e. The van der Waals surface area contributed by atoms with E-state index in [0.717, 1.165) is 11.1 Å². The Morgan fingerprint density at radius 1 is 0.929 bits per heavy atom. The third-order valence-corrected chi connectivity index (χ3v) is 4.41. The van der Waals surface area contributed by atoms with Crippen molar-refractivity contribution in [3.63, 3.8) is 0 Å². The highest BCUT2D eigenvalue weighted by molar-refractivity contribution is 6.02. The highest BCUT2D eigenvalue weighted by Crippen LogP contribution is 2.24. The Morgan fingerprint density at radius 2 is 1.57 bits per heavy atom.